The quantitative estimate of drug-likeness (QED) is 0.259. The fraction of sp³-hybridized carbons (Fsp3) is 0.333. The van der Waals surface area contributed by atoms with Gasteiger partial charge in [-0.25, -0.2) is 14.2 Å². The Labute approximate surface area is 255 Å². The number of amides is 2. The number of piperazine rings is 1. The van der Waals surface area contributed by atoms with Crippen molar-refractivity contribution in [2.24, 2.45) is 5.92 Å². The van der Waals surface area contributed by atoms with Crippen molar-refractivity contribution in [2.45, 2.75) is 38.9 Å². The molecule has 2 aromatic carbocycles. The Morgan fingerprint density at radius 2 is 1.56 bits per heavy atom. The summed E-state index contributed by atoms with van der Waals surface area (Å²) in [6, 6.07) is 16.8. The molecule has 2 heterocycles. The smallest absolute Gasteiger partial charge is 0.253 e. The Morgan fingerprint density at radius 3 is 2.21 bits per heavy atom. The molecule has 2 amide bonds. The van der Waals surface area contributed by atoms with Crippen molar-refractivity contribution in [3.63, 3.8) is 0 Å². The average Bonchev–Trinajstić information content (AvgIpc) is 3.01. The van der Waals surface area contributed by atoms with Gasteiger partial charge in [-0.3, -0.25) is 9.59 Å². The molecule has 43 heavy (non-hydrogen) atoms. The molecule has 0 bridgehead atoms. The molecule has 2 unspecified atom stereocenters. The number of anilines is 3. The number of aromatic nitrogens is 2. The first-order chi connectivity index (χ1) is 20.7. The fourth-order valence-electron chi connectivity index (χ4n) is 5.07. The summed E-state index contributed by atoms with van der Waals surface area (Å²) in [4.78, 5) is 37.9. The van der Waals surface area contributed by atoms with Crippen molar-refractivity contribution < 1.29 is 13.8 Å². The molecular weight excluding hydrogens is 560 g/mol. The fourth-order valence-corrected chi connectivity index (χ4v) is 6.17. The summed E-state index contributed by atoms with van der Waals surface area (Å²) in [6.45, 7) is 8.05. The van der Waals surface area contributed by atoms with Crippen molar-refractivity contribution in [1.29, 1.82) is 0 Å². The molecule has 0 saturated carbocycles. The predicted octanol–water partition coefficient (Wildman–Crippen LogP) is 5.57. The maximum atomic E-state index is 13.0. The van der Waals surface area contributed by atoms with Crippen LogP contribution >= 0.6 is 0 Å². The number of nitrogens with one attached hydrogen (secondary N) is 2. The lowest BCUT2D eigenvalue weighted by Gasteiger charge is -2.34. The number of carbonyl (C=O) groups excluding carboxylic acids is 2. The highest BCUT2D eigenvalue weighted by Crippen LogP contribution is 2.25. The van der Waals surface area contributed by atoms with Crippen LogP contribution < -0.4 is 10.0 Å². The van der Waals surface area contributed by atoms with Crippen LogP contribution in [0.15, 0.2) is 84.6 Å². The Bertz CT molecular complexity index is 1520. The summed E-state index contributed by atoms with van der Waals surface area (Å²) in [7, 11) is -1.17. The Balaban J connectivity index is 1.16. The first kappa shape index (κ1) is 30.2. The molecule has 2 N–H and O–H groups in total. The third kappa shape index (κ3) is 7.95. The summed E-state index contributed by atoms with van der Waals surface area (Å²) in [5.41, 5.74) is 4.79. The van der Waals surface area contributed by atoms with Gasteiger partial charge in [0.05, 0.1) is 10.9 Å². The third-order valence-electron chi connectivity index (χ3n) is 7.57. The molecule has 1 fully saturated rings. The van der Waals surface area contributed by atoms with E-state index in [0.717, 1.165) is 41.0 Å². The van der Waals surface area contributed by atoms with E-state index in [1.54, 1.807) is 34.2 Å². The van der Waals surface area contributed by atoms with Gasteiger partial charge >= 0.3 is 0 Å². The van der Waals surface area contributed by atoms with E-state index in [4.69, 9.17) is 0 Å². The zero-order valence-corrected chi connectivity index (χ0v) is 25.6. The average molecular weight is 599 g/mol. The van der Waals surface area contributed by atoms with Crippen LogP contribution in [-0.4, -0.2) is 67.2 Å². The first-order valence-corrected chi connectivity index (χ1v) is 15.9. The van der Waals surface area contributed by atoms with E-state index >= 15 is 0 Å². The maximum absolute atomic E-state index is 13.0. The standard InChI is InChI=1S/C33H38N6O3S/c1-23(2)22-31(40)38-18-20-39(21-19-38)32(41)26-8-10-27(11-9-26)35-33-34-17-16-30(36-33)25-6-12-28(13-7-25)37-43(42)29-14-4-24(3)5-15-29/h4,6-14,16-17,22,24,29,37H,5,15,18-21H2,1-3H3,(H,34,35,36)/t24-,29?,43?/m0/s1. The number of nitrogens with zero attached hydrogens (tertiary/aromatic N) is 4. The van der Waals surface area contributed by atoms with Crippen molar-refractivity contribution in [2.75, 3.05) is 36.2 Å². The summed E-state index contributed by atoms with van der Waals surface area (Å²) in [5, 5.41) is 3.24. The van der Waals surface area contributed by atoms with Gasteiger partial charge in [-0.05, 0) is 75.1 Å². The van der Waals surface area contributed by atoms with Crippen molar-refractivity contribution in [1.82, 2.24) is 19.8 Å². The lowest BCUT2D eigenvalue weighted by molar-refractivity contribution is -0.127. The lowest BCUT2D eigenvalue weighted by atomic mass is 9.98. The minimum Gasteiger partial charge on any atom is -0.336 e. The monoisotopic (exact) mass is 598 g/mol. The van der Waals surface area contributed by atoms with Gasteiger partial charge in [0.15, 0.2) is 0 Å². The molecule has 1 aliphatic carbocycles. The predicted molar refractivity (Wildman–Crippen MR) is 172 cm³/mol. The molecule has 5 rings (SSSR count). The number of carbonyl (C=O) groups is 2. The van der Waals surface area contributed by atoms with Crippen LogP contribution in [0.2, 0.25) is 0 Å². The molecule has 1 saturated heterocycles. The summed E-state index contributed by atoms with van der Waals surface area (Å²) >= 11 is 0. The Morgan fingerprint density at radius 1 is 0.884 bits per heavy atom. The molecule has 2 aliphatic rings. The molecular formula is C33H38N6O3S. The van der Waals surface area contributed by atoms with Gasteiger partial charge in [0, 0.05) is 61.0 Å². The van der Waals surface area contributed by atoms with Crippen molar-refractivity contribution in [3.8, 4) is 11.3 Å². The molecule has 0 radical (unpaired) electrons. The van der Waals surface area contributed by atoms with E-state index in [1.165, 1.54) is 0 Å². The molecule has 10 heteroatoms. The molecule has 3 atom stereocenters. The van der Waals surface area contributed by atoms with E-state index in [0.29, 0.717) is 43.6 Å². The van der Waals surface area contributed by atoms with E-state index in [-0.39, 0.29) is 17.1 Å². The van der Waals surface area contributed by atoms with Crippen molar-refractivity contribution in [3.05, 3.63) is 90.2 Å². The van der Waals surface area contributed by atoms with Gasteiger partial charge < -0.3 is 19.8 Å². The summed E-state index contributed by atoms with van der Waals surface area (Å²) < 4.78 is 15.9. The second kappa shape index (κ2) is 13.8. The molecule has 9 nitrogen and oxygen atoms in total. The highest BCUT2D eigenvalue weighted by atomic mass is 32.2. The molecule has 0 spiro atoms. The van der Waals surface area contributed by atoms with Crippen LogP contribution in [0.3, 0.4) is 0 Å². The molecule has 1 aliphatic heterocycles. The first-order valence-electron chi connectivity index (χ1n) is 14.6. The maximum Gasteiger partial charge on any atom is 0.253 e. The highest BCUT2D eigenvalue weighted by Gasteiger charge is 2.24. The molecule has 224 valence electrons. The zero-order valence-electron chi connectivity index (χ0n) is 24.8. The van der Waals surface area contributed by atoms with E-state index < -0.39 is 11.0 Å². The second-order valence-corrected chi connectivity index (χ2v) is 12.7. The van der Waals surface area contributed by atoms with Crippen LogP contribution in [0.4, 0.5) is 17.3 Å². The minimum absolute atomic E-state index is 0.00186. The number of rotatable bonds is 8. The topological polar surface area (TPSA) is 108 Å². The van der Waals surface area contributed by atoms with Gasteiger partial charge in [0.25, 0.3) is 5.91 Å². The van der Waals surface area contributed by atoms with Crippen LogP contribution in [-0.2, 0) is 15.8 Å². The van der Waals surface area contributed by atoms with Gasteiger partial charge in [0.2, 0.25) is 11.9 Å². The van der Waals surface area contributed by atoms with Crippen LogP contribution in [0.1, 0.15) is 44.0 Å². The number of allylic oxidation sites excluding steroid dienone is 2. The van der Waals surface area contributed by atoms with Crippen molar-refractivity contribution >= 4 is 40.1 Å². The number of hydrogen-bond donors (Lipinski definition) is 2. The van der Waals surface area contributed by atoms with E-state index in [1.807, 2.05) is 56.3 Å². The second-order valence-electron chi connectivity index (χ2n) is 11.3. The van der Waals surface area contributed by atoms with Crippen LogP contribution in [0, 0.1) is 5.92 Å². The van der Waals surface area contributed by atoms with Gasteiger partial charge in [-0.15, -0.1) is 0 Å². The molecule has 1 aromatic heterocycles. The van der Waals surface area contributed by atoms with Crippen LogP contribution in [0.5, 0.6) is 0 Å². The molecule has 3 aromatic rings. The highest BCUT2D eigenvalue weighted by molar-refractivity contribution is 7.87. The van der Waals surface area contributed by atoms with Gasteiger partial charge in [0.1, 0.15) is 11.0 Å². The lowest BCUT2D eigenvalue weighted by Crippen LogP contribution is -2.50. The summed E-state index contributed by atoms with van der Waals surface area (Å²) in [5.74, 6) is 0.937. The number of hydrogen-bond acceptors (Lipinski definition) is 6. The number of benzene rings is 2. The zero-order chi connectivity index (χ0) is 30.3. The van der Waals surface area contributed by atoms with Gasteiger partial charge in [-0.2, -0.15) is 0 Å². The van der Waals surface area contributed by atoms with Crippen LogP contribution in [0.25, 0.3) is 11.3 Å². The van der Waals surface area contributed by atoms with Gasteiger partial charge in [-0.1, -0.05) is 36.8 Å². The van der Waals surface area contributed by atoms with E-state index in [9.17, 15) is 13.8 Å². The normalized spacial score (nSPS) is 19.0. The SMILES string of the molecule is CC(C)=CC(=O)N1CCN(C(=O)c2ccc(Nc3nccc(-c4ccc(NS(=O)C5C=C[C@H](C)CC5)cc4)n3)cc2)CC1. The summed E-state index contributed by atoms with van der Waals surface area (Å²) in [6.07, 6.45) is 9.51. The largest absolute Gasteiger partial charge is 0.336 e. The van der Waals surface area contributed by atoms with E-state index in [2.05, 4.69) is 39.1 Å². The Hall–Kier alpha value is -4.31. The minimum atomic E-state index is -1.17. The Kier molecular flexibility index (Phi) is 9.66. The third-order valence-corrected chi connectivity index (χ3v) is 8.95.